The predicted octanol–water partition coefficient (Wildman–Crippen LogP) is 9.20. The molecule has 0 spiro atoms. The van der Waals surface area contributed by atoms with Crippen LogP contribution in [0, 0.1) is 0 Å². The second-order valence-electron chi connectivity index (χ2n) is 11.7. The summed E-state index contributed by atoms with van der Waals surface area (Å²) in [4.78, 5) is 1.35. The molecule has 36 heavy (non-hydrogen) atoms. The Bertz CT molecular complexity index is 1290. The van der Waals surface area contributed by atoms with Crippen molar-refractivity contribution in [1.82, 2.24) is 0 Å². The minimum absolute atomic E-state index is 0.0167. The van der Waals surface area contributed by atoms with E-state index in [9.17, 15) is 4.57 Å². The lowest BCUT2D eigenvalue weighted by atomic mass is 9.60. The Morgan fingerprint density at radius 1 is 0.944 bits per heavy atom. The van der Waals surface area contributed by atoms with E-state index in [2.05, 4.69) is 103 Å². The van der Waals surface area contributed by atoms with Crippen molar-refractivity contribution in [1.29, 1.82) is 0 Å². The number of aryl methyl sites for hydroxylation is 1. The summed E-state index contributed by atoms with van der Waals surface area (Å²) < 4.78 is 18.3. The molecule has 1 aliphatic heterocycles. The number of thiophene rings is 1. The number of nitrogens with zero attached hydrogens (tertiary/aromatic N) is 1. The summed E-state index contributed by atoms with van der Waals surface area (Å²) in [5.74, 6) is 0. The molecule has 4 rings (SSSR count). The van der Waals surface area contributed by atoms with Gasteiger partial charge in [-0.3, -0.25) is 0 Å². The van der Waals surface area contributed by atoms with Crippen LogP contribution in [0.3, 0.4) is 0 Å². The largest absolute Gasteiger partial charge is 0.317 e. The number of hydrogen-bond donors (Lipinski definition) is 0. The zero-order chi connectivity index (χ0) is 26.5. The maximum absolute atomic E-state index is 14.6. The number of hydrogen-bond acceptors (Lipinski definition) is 2. The molecule has 0 saturated carbocycles. The fraction of sp³-hybridized carbons (Fsp3) is 0.594. The van der Waals surface area contributed by atoms with Gasteiger partial charge in [0.25, 0.3) is 0 Å². The Morgan fingerprint density at radius 2 is 1.61 bits per heavy atom. The molecule has 0 aliphatic carbocycles. The number of fused-ring (bicyclic) bond motifs is 5. The summed E-state index contributed by atoms with van der Waals surface area (Å²) in [6, 6.07) is 11.8. The fourth-order valence-electron chi connectivity index (χ4n) is 7.10. The number of aromatic nitrogens is 1. The molecule has 2 nitrogen and oxygen atoms in total. The Hall–Kier alpha value is -1.44. The number of rotatable bonds is 9. The van der Waals surface area contributed by atoms with E-state index in [0.717, 1.165) is 30.3 Å². The third-order valence-corrected chi connectivity index (χ3v) is 15.6. The van der Waals surface area contributed by atoms with Crippen LogP contribution in [0.4, 0.5) is 0 Å². The molecule has 3 aromatic rings. The normalized spacial score (nSPS) is 19.2. The zero-order valence-corrected chi connectivity index (χ0v) is 25.8. The van der Waals surface area contributed by atoms with Gasteiger partial charge < -0.3 is 4.57 Å². The van der Waals surface area contributed by atoms with Crippen LogP contribution in [-0.2, 0) is 21.9 Å². The minimum atomic E-state index is -2.53. The van der Waals surface area contributed by atoms with Crippen molar-refractivity contribution in [3.05, 3.63) is 47.7 Å². The number of pyridine rings is 1. The summed E-state index contributed by atoms with van der Waals surface area (Å²) in [5.41, 5.74) is 4.45. The molecule has 0 N–H and O–H groups in total. The molecule has 0 radical (unpaired) electrons. The van der Waals surface area contributed by atoms with E-state index in [-0.39, 0.29) is 22.3 Å². The molecule has 196 valence electrons. The van der Waals surface area contributed by atoms with Gasteiger partial charge in [0.15, 0.2) is 11.7 Å². The fourth-order valence-corrected chi connectivity index (χ4v) is 12.8. The Morgan fingerprint density at radius 3 is 2.17 bits per heavy atom. The van der Waals surface area contributed by atoms with Crippen LogP contribution in [0.15, 0.2) is 36.5 Å². The van der Waals surface area contributed by atoms with E-state index in [0.29, 0.717) is 0 Å². The van der Waals surface area contributed by atoms with E-state index >= 15 is 0 Å². The lowest BCUT2D eigenvalue weighted by Crippen LogP contribution is -2.68. The van der Waals surface area contributed by atoms with Crippen LogP contribution < -0.4 is 9.19 Å². The van der Waals surface area contributed by atoms with Crippen molar-refractivity contribution < 1.29 is 9.13 Å². The predicted molar refractivity (Wildman–Crippen MR) is 160 cm³/mol. The van der Waals surface area contributed by atoms with Crippen molar-refractivity contribution in [2.75, 3.05) is 0 Å². The lowest BCUT2D eigenvalue weighted by Gasteiger charge is -2.46. The first kappa shape index (κ1) is 27.6. The average molecular weight is 525 g/mol. The molecule has 0 bridgehead atoms. The molecule has 0 saturated heterocycles. The van der Waals surface area contributed by atoms with E-state index in [4.69, 9.17) is 0 Å². The Labute approximate surface area is 223 Å². The summed E-state index contributed by atoms with van der Waals surface area (Å²) in [6.07, 6.45) is 9.16. The minimum Gasteiger partial charge on any atom is -0.317 e. The zero-order valence-electron chi connectivity index (χ0n) is 24.1. The van der Waals surface area contributed by atoms with Crippen molar-refractivity contribution in [3.63, 3.8) is 0 Å². The summed E-state index contributed by atoms with van der Waals surface area (Å²) >= 11 is 1.83. The molecular formula is C32H47NOPS+. The van der Waals surface area contributed by atoms with Crippen LogP contribution in [0.5, 0.6) is 0 Å². The van der Waals surface area contributed by atoms with Crippen LogP contribution in [0.2, 0.25) is 0 Å². The average Bonchev–Trinajstić information content (AvgIpc) is 3.33. The van der Waals surface area contributed by atoms with Crippen molar-refractivity contribution in [2.24, 2.45) is 0 Å². The SMILES string of the molecule is CCCCc1ccc2c3[n+](ccc2c1)C(CC)(CC)C(C)(CC)c1cc(P(=O)(C(C)C)C(C)C)sc1-3. The molecule has 2 aromatic heterocycles. The first-order valence-corrected chi connectivity index (χ1v) is 16.9. The van der Waals surface area contributed by atoms with E-state index in [1.807, 2.05) is 11.3 Å². The highest BCUT2D eigenvalue weighted by Crippen LogP contribution is 2.60. The first-order valence-electron chi connectivity index (χ1n) is 14.3. The Balaban J connectivity index is 2.10. The van der Waals surface area contributed by atoms with Gasteiger partial charge in [0, 0.05) is 30.2 Å². The number of benzene rings is 1. The molecule has 1 aromatic carbocycles. The van der Waals surface area contributed by atoms with Gasteiger partial charge in [-0.05, 0) is 54.8 Å². The summed E-state index contributed by atoms with van der Waals surface area (Å²) in [6.45, 7) is 20.4. The molecule has 1 aliphatic rings. The van der Waals surface area contributed by atoms with Crippen LogP contribution in [0.1, 0.15) is 106 Å². The molecule has 4 heteroatoms. The van der Waals surface area contributed by atoms with Crippen molar-refractivity contribution in [3.8, 4) is 10.6 Å². The van der Waals surface area contributed by atoms with Crippen LogP contribution in [-0.4, -0.2) is 11.3 Å². The molecule has 0 amide bonds. The lowest BCUT2D eigenvalue weighted by molar-refractivity contribution is -0.768. The molecule has 1 unspecified atom stereocenters. The van der Waals surface area contributed by atoms with Gasteiger partial charge in [0.2, 0.25) is 5.69 Å². The molecule has 1 atom stereocenters. The van der Waals surface area contributed by atoms with Gasteiger partial charge >= 0.3 is 0 Å². The van der Waals surface area contributed by atoms with Crippen molar-refractivity contribution >= 4 is 33.9 Å². The van der Waals surface area contributed by atoms with Gasteiger partial charge in [-0.2, -0.15) is 4.57 Å². The quantitative estimate of drug-likeness (QED) is 0.202. The van der Waals surface area contributed by atoms with E-state index in [1.165, 1.54) is 45.3 Å². The van der Waals surface area contributed by atoms with Gasteiger partial charge in [-0.15, -0.1) is 11.3 Å². The highest BCUT2D eigenvalue weighted by molar-refractivity contribution is 7.78. The third-order valence-electron chi connectivity index (χ3n) is 9.61. The Kier molecular flexibility index (Phi) is 7.69. The molecule has 0 fully saturated rings. The highest BCUT2D eigenvalue weighted by atomic mass is 32.1. The number of unbranched alkanes of at least 4 members (excludes halogenated alkanes) is 1. The smallest absolute Gasteiger partial charge is 0.231 e. The summed E-state index contributed by atoms with van der Waals surface area (Å²) in [5, 5.41) is 2.66. The second kappa shape index (κ2) is 10.0. The van der Waals surface area contributed by atoms with Crippen LogP contribution >= 0.6 is 18.5 Å². The third kappa shape index (κ3) is 3.79. The summed E-state index contributed by atoms with van der Waals surface area (Å²) in [7, 11) is -2.53. The standard InChI is InChI=1S/C32H47NOPS/c1-10-14-15-24-16-17-26-25(20-24)18-19-33-29(26)30-27(31(9,11-2)32(33,12-3)13-4)21-28(36-30)35(34,22(5)6)23(7)8/h16-23H,10-15H2,1-9H3/q+1. The first-order chi connectivity index (χ1) is 17.0. The maximum Gasteiger partial charge on any atom is 0.231 e. The van der Waals surface area contributed by atoms with Gasteiger partial charge in [0.05, 0.1) is 15.4 Å². The second-order valence-corrected chi connectivity index (χ2v) is 17.0. The van der Waals surface area contributed by atoms with Crippen LogP contribution in [0.25, 0.3) is 21.3 Å². The van der Waals surface area contributed by atoms with E-state index < -0.39 is 7.14 Å². The van der Waals surface area contributed by atoms with E-state index in [1.54, 1.807) is 0 Å². The maximum atomic E-state index is 14.6. The topological polar surface area (TPSA) is 20.9 Å². The van der Waals surface area contributed by atoms with Gasteiger partial charge in [-0.1, -0.05) is 73.9 Å². The molecule has 3 heterocycles. The van der Waals surface area contributed by atoms with Gasteiger partial charge in [-0.25, -0.2) is 0 Å². The molecular weight excluding hydrogens is 477 g/mol. The van der Waals surface area contributed by atoms with Crippen molar-refractivity contribution in [2.45, 2.75) is 123 Å². The monoisotopic (exact) mass is 524 g/mol. The highest BCUT2D eigenvalue weighted by Gasteiger charge is 2.59. The van der Waals surface area contributed by atoms with Gasteiger partial charge in [0.1, 0.15) is 12.0 Å².